The maximum atomic E-state index is 11.2. The molecule has 17 heavy (non-hydrogen) atoms. The predicted octanol–water partition coefficient (Wildman–Crippen LogP) is 0.636. The minimum Gasteiger partial charge on any atom is -0.508 e. The van der Waals surface area contributed by atoms with Crippen molar-refractivity contribution in [2.24, 2.45) is 0 Å². The van der Waals surface area contributed by atoms with Gasteiger partial charge >= 0.3 is 5.97 Å². The third kappa shape index (κ3) is 2.15. The molecule has 1 aromatic heterocycles. The van der Waals surface area contributed by atoms with Gasteiger partial charge in [0.15, 0.2) is 0 Å². The summed E-state index contributed by atoms with van der Waals surface area (Å²) in [6.45, 7) is 0. The molecular formula is C11H8N2O4. The Morgan fingerprint density at radius 2 is 1.88 bits per heavy atom. The molecule has 0 saturated carbocycles. The lowest BCUT2D eigenvalue weighted by molar-refractivity contribution is 0.0694. The van der Waals surface area contributed by atoms with Crippen LogP contribution in [-0.2, 0) is 0 Å². The van der Waals surface area contributed by atoms with Crippen LogP contribution < -0.4 is 5.56 Å². The zero-order valence-electron chi connectivity index (χ0n) is 8.57. The number of aromatic carboxylic acids is 1. The zero-order valence-corrected chi connectivity index (χ0v) is 8.57. The number of carbonyl (C=O) groups is 1. The van der Waals surface area contributed by atoms with Crippen LogP contribution in [0.15, 0.2) is 41.6 Å². The Morgan fingerprint density at radius 1 is 1.24 bits per heavy atom. The van der Waals surface area contributed by atoms with E-state index in [0.717, 1.165) is 0 Å². The molecule has 2 rings (SSSR count). The molecule has 0 radical (unpaired) electrons. The summed E-state index contributed by atoms with van der Waals surface area (Å²) in [6.07, 6.45) is 2.41. The van der Waals surface area contributed by atoms with Crippen LogP contribution in [0.2, 0.25) is 0 Å². The smallest absolute Gasteiger partial charge is 0.342 e. The summed E-state index contributed by atoms with van der Waals surface area (Å²) in [6, 6.07) is 6.06. The normalized spacial score (nSPS) is 10.1. The third-order valence-electron chi connectivity index (χ3n) is 2.18. The number of phenols is 1. The van der Waals surface area contributed by atoms with Crippen LogP contribution in [0.3, 0.4) is 0 Å². The lowest BCUT2D eigenvalue weighted by Crippen LogP contribution is -2.19. The highest BCUT2D eigenvalue weighted by atomic mass is 16.4. The average molecular weight is 232 g/mol. The first-order valence-corrected chi connectivity index (χ1v) is 4.69. The van der Waals surface area contributed by atoms with E-state index in [0.29, 0.717) is 5.69 Å². The molecular weight excluding hydrogens is 224 g/mol. The van der Waals surface area contributed by atoms with Crippen LogP contribution in [-0.4, -0.2) is 25.7 Å². The second-order valence-corrected chi connectivity index (χ2v) is 3.32. The number of aromatic nitrogens is 2. The van der Waals surface area contributed by atoms with Crippen LogP contribution in [0.1, 0.15) is 10.4 Å². The second kappa shape index (κ2) is 4.09. The van der Waals surface area contributed by atoms with Gasteiger partial charge in [-0.1, -0.05) is 0 Å². The minimum absolute atomic E-state index is 0.0983. The van der Waals surface area contributed by atoms with Gasteiger partial charge in [-0.15, -0.1) is 0 Å². The number of nitrogens with zero attached hydrogens (tertiary/aromatic N) is 2. The van der Waals surface area contributed by atoms with E-state index in [9.17, 15) is 9.59 Å². The number of carboxylic acids is 1. The molecule has 0 amide bonds. The number of benzene rings is 1. The molecule has 0 aliphatic carbocycles. The molecule has 6 nitrogen and oxygen atoms in total. The Hall–Kier alpha value is -2.63. The van der Waals surface area contributed by atoms with E-state index >= 15 is 0 Å². The fourth-order valence-electron chi connectivity index (χ4n) is 1.32. The molecule has 1 heterocycles. The van der Waals surface area contributed by atoms with Gasteiger partial charge < -0.3 is 14.8 Å². The van der Waals surface area contributed by atoms with Crippen LogP contribution >= 0.6 is 0 Å². The average Bonchev–Trinajstić information content (AvgIpc) is 2.30. The largest absolute Gasteiger partial charge is 0.508 e. The molecule has 0 spiro atoms. The lowest BCUT2D eigenvalue weighted by atomic mass is 10.3. The van der Waals surface area contributed by atoms with Crippen LogP contribution in [0.4, 0.5) is 0 Å². The topological polar surface area (TPSA) is 92.4 Å². The first kappa shape index (κ1) is 10.9. The van der Waals surface area contributed by atoms with Crippen LogP contribution in [0, 0.1) is 0 Å². The van der Waals surface area contributed by atoms with Gasteiger partial charge in [0, 0.05) is 11.9 Å². The van der Waals surface area contributed by atoms with Gasteiger partial charge in [-0.25, -0.2) is 4.79 Å². The molecule has 1 aromatic carbocycles. The fourth-order valence-corrected chi connectivity index (χ4v) is 1.32. The summed E-state index contributed by atoms with van der Waals surface area (Å²) >= 11 is 0. The number of hydrogen-bond donors (Lipinski definition) is 2. The van der Waals surface area contributed by atoms with Crippen molar-refractivity contribution in [1.29, 1.82) is 0 Å². The van der Waals surface area contributed by atoms with Gasteiger partial charge in [0.1, 0.15) is 17.6 Å². The number of aromatic hydroxyl groups is 1. The molecule has 86 valence electrons. The van der Waals surface area contributed by atoms with Crippen LogP contribution in [0.5, 0.6) is 5.75 Å². The van der Waals surface area contributed by atoms with Crippen molar-refractivity contribution in [2.75, 3.05) is 0 Å². The van der Waals surface area contributed by atoms with E-state index in [4.69, 9.17) is 10.2 Å². The Morgan fingerprint density at radius 3 is 2.47 bits per heavy atom. The van der Waals surface area contributed by atoms with Crippen molar-refractivity contribution < 1.29 is 15.0 Å². The fraction of sp³-hybridized carbons (Fsp3) is 0. The first-order chi connectivity index (χ1) is 8.08. The van der Waals surface area contributed by atoms with E-state index < -0.39 is 17.1 Å². The van der Waals surface area contributed by atoms with Crippen molar-refractivity contribution in [3.05, 3.63) is 52.7 Å². The molecule has 6 heteroatoms. The monoisotopic (exact) mass is 232 g/mol. The Balaban J connectivity index is 2.53. The van der Waals surface area contributed by atoms with Gasteiger partial charge in [-0.3, -0.25) is 4.79 Å². The van der Waals surface area contributed by atoms with Crippen molar-refractivity contribution in [1.82, 2.24) is 9.55 Å². The minimum atomic E-state index is -1.32. The van der Waals surface area contributed by atoms with Crippen molar-refractivity contribution in [2.45, 2.75) is 0 Å². The summed E-state index contributed by atoms with van der Waals surface area (Å²) in [5.74, 6) is -1.23. The summed E-state index contributed by atoms with van der Waals surface area (Å²) < 4.78 is 1.39. The number of hydrogen-bond acceptors (Lipinski definition) is 4. The van der Waals surface area contributed by atoms with E-state index in [1.54, 1.807) is 12.1 Å². The Labute approximate surface area is 95.4 Å². The SMILES string of the molecule is O=C(O)c1cn(-c2ccc(O)cc2)cnc1=O. The first-order valence-electron chi connectivity index (χ1n) is 4.69. The van der Waals surface area contributed by atoms with Gasteiger partial charge in [-0.2, -0.15) is 4.98 Å². The van der Waals surface area contributed by atoms with Crippen LogP contribution in [0.25, 0.3) is 5.69 Å². The molecule has 0 atom stereocenters. The molecule has 0 saturated heterocycles. The maximum Gasteiger partial charge on any atom is 0.342 e. The molecule has 0 bridgehead atoms. The third-order valence-corrected chi connectivity index (χ3v) is 2.18. The number of phenolic OH excluding ortho intramolecular Hbond substituents is 1. The quantitative estimate of drug-likeness (QED) is 0.792. The highest BCUT2D eigenvalue weighted by molar-refractivity contribution is 5.86. The highest BCUT2D eigenvalue weighted by Crippen LogP contribution is 2.12. The number of carboxylic acid groups (broad SMARTS) is 1. The standard InChI is InChI=1S/C11H8N2O4/c14-8-3-1-7(2-4-8)13-5-9(11(16)17)10(15)12-6-13/h1-6,14H,(H,16,17). The van der Waals surface area contributed by atoms with Crippen molar-refractivity contribution in [3.8, 4) is 11.4 Å². The molecule has 0 unspecified atom stereocenters. The molecule has 2 aromatic rings. The van der Waals surface area contributed by atoms with E-state index in [2.05, 4.69) is 4.98 Å². The molecule has 0 fully saturated rings. The zero-order chi connectivity index (χ0) is 12.4. The van der Waals surface area contributed by atoms with Gasteiger partial charge in [0.2, 0.25) is 0 Å². The van der Waals surface area contributed by atoms with Gasteiger partial charge in [0.25, 0.3) is 5.56 Å². The Kier molecular flexibility index (Phi) is 2.61. The molecule has 0 aliphatic rings. The second-order valence-electron chi connectivity index (χ2n) is 3.32. The van der Waals surface area contributed by atoms with Gasteiger partial charge in [0.05, 0.1) is 0 Å². The van der Waals surface area contributed by atoms with Crippen molar-refractivity contribution >= 4 is 5.97 Å². The molecule has 0 aliphatic heterocycles. The Bertz CT molecular complexity index is 616. The van der Waals surface area contributed by atoms with E-state index in [1.807, 2.05) is 0 Å². The summed E-state index contributed by atoms with van der Waals surface area (Å²) in [5.41, 5.74) is -0.592. The van der Waals surface area contributed by atoms with E-state index in [1.165, 1.54) is 29.2 Å². The van der Waals surface area contributed by atoms with Gasteiger partial charge in [-0.05, 0) is 24.3 Å². The summed E-state index contributed by atoms with van der Waals surface area (Å²) in [5, 5.41) is 17.9. The summed E-state index contributed by atoms with van der Waals surface area (Å²) in [7, 11) is 0. The molecule has 2 N–H and O–H groups in total. The predicted molar refractivity (Wildman–Crippen MR) is 58.5 cm³/mol. The summed E-state index contributed by atoms with van der Waals surface area (Å²) in [4.78, 5) is 25.4. The van der Waals surface area contributed by atoms with E-state index in [-0.39, 0.29) is 5.75 Å². The number of rotatable bonds is 2. The maximum absolute atomic E-state index is 11.2. The lowest BCUT2D eigenvalue weighted by Gasteiger charge is -2.06. The highest BCUT2D eigenvalue weighted by Gasteiger charge is 2.10. The van der Waals surface area contributed by atoms with Crippen molar-refractivity contribution in [3.63, 3.8) is 0 Å².